The first-order valence-corrected chi connectivity index (χ1v) is 9.19. The van der Waals surface area contributed by atoms with Crippen LogP contribution in [0.15, 0.2) is 0 Å². The average molecular weight is 305 g/mol. The van der Waals surface area contributed by atoms with Gasteiger partial charge >= 0.3 is 0 Å². The first-order chi connectivity index (χ1) is 9.19. The molecule has 1 fully saturated rings. The number of carbonyl (C=O) groups is 1. The fraction of sp³-hybridized carbons (Fsp3) is 0.923. The first kappa shape index (κ1) is 17.4. The summed E-state index contributed by atoms with van der Waals surface area (Å²) >= 11 is 0. The van der Waals surface area contributed by atoms with E-state index in [0.717, 1.165) is 25.9 Å². The van der Waals surface area contributed by atoms with E-state index in [1.165, 1.54) is 0 Å². The minimum Gasteiger partial charge on any atom is -0.339 e. The van der Waals surface area contributed by atoms with E-state index in [0.29, 0.717) is 19.0 Å². The van der Waals surface area contributed by atoms with E-state index in [2.05, 4.69) is 18.7 Å². The van der Waals surface area contributed by atoms with Gasteiger partial charge in [0, 0.05) is 39.0 Å². The predicted molar refractivity (Wildman–Crippen MR) is 80.2 cm³/mol. The smallest absolute Gasteiger partial charge is 0.239 e. The highest BCUT2D eigenvalue weighted by Gasteiger charge is 2.25. The van der Waals surface area contributed by atoms with Gasteiger partial charge in [-0.2, -0.15) is 0 Å². The van der Waals surface area contributed by atoms with Crippen LogP contribution in [0.4, 0.5) is 0 Å². The Balaban J connectivity index is 2.38. The lowest BCUT2D eigenvalue weighted by Crippen LogP contribution is -2.53. The normalized spacial score (nSPS) is 19.4. The molecule has 0 saturated carbocycles. The van der Waals surface area contributed by atoms with Gasteiger partial charge in [-0.25, -0.2) is 8.42 Å². The second kappa shape index (κ2) is 7.38. The molecule has 6 nitrogen and oxygen atoms in total. The molecule has 118 valence electrons. The molecular weight excluding hydrogens is 278 g/mol. The molecule has 0 bridgehead atoms. The van der Waals surface area contributed by atoms with Gasteiger partial charge < -0.3 is 10.6 Å². The number of nitrogens with two attached hydrogens (primary N) is 1. The third-order valence-electron chi connectivity index (χ3n) is 3.42. The van der Waals surface area contributed by atoms with Crippen molar-refractivity contribution in [2.45, 2.75) is 26.3 Å². The minimum absolute atomic E-state index is 0.0345. The highest BCUT2D eigenvalue weighted by atomic mass is 32.2. The lowest BCUT2D eigenvalue weighted by molar-refractivity contribution is -0.134. The molecule has 7 heteroatoms. The van der Waals surface area contributed by atoms with Crippen LogP contribution in [0.2, 0.25) is 0 Å². The molecular formula is C13H27N3O3S. The fourth-order valence-corrected chi connectivity index (χ4v) is 3.05. The largest absolute Gasteiger partial charge is 0.339 e. The lowest BCUT2D eigenvalue weighted by atomic mass is 10.1. The van der Waals surface area contributed by atoms with Gasteiger partial charge in [0.05, 0.1) is 11.8 Å². The van der Waals surface area contributed by atoms with Crippen LogP contribution in [0.3, 0.4) is 0 Å². The topological polar surface area (TPSA) is 83.7 Å². The van der Waals surface area contributed by atoms with Gasteiger partial charge in [0.2, 0.25) is 5.91 Å². The van der Waals surface area contributed by atoms with Crippen molar-refractivity contribution in [2.24, 2.45) is 11.7 Å². The summed E-state index contributed by atoms with van der Waals surface area (Å²) in [7, 11) is -3.06. The zero-order valence-corrected chi connectivity index (χ0v) is 13.5. The molecule has 0 spiro atoms. The summed E-state index contributed by atoms with van der Waals surface area (Å²) in [6, 6.07) is -0.707. The van der Waals surface area contributed by atoms with Crippen LogP contribution in [0.5, 0.6) is 0 Å². The SMILES string of the molecule is CC(C)CN1CCN(C(=O)C(N)CCS(C)(=O)=O)CC1. The van der Waals surface area contributed by atoms with Crippen molar-refractivity contribution in [2.75, 3.05) is 44.7 Å². The number of carbonyl (C=O) groups excluding carboxylic acids is 1. The van der Waals surface area contributed by atoms with E-state index in [1.54, 1.807) is 4.90 Å². The van der Waals surface area contributed by atoms with Gasteiger partial charge in [-0.1, -0.05) is 13.8 Å². The molecule has 1 aliphatic rings. The minimum atomic E-state index is -3.06. The molecule has 1 amide bonds. The quantitative estimate of drug-likeness (QED) is 0.718. The van der Waals surface area contributed by atoms with Crippen molar-refractivity contribution in [3.05, 3.63) is 0 Å². The van der Waals surface area contributed by atoms with Gasteiger partial charge in [-0.3, -0.25) is 9.69 Å². The average Bonchev–Trinajstić information content (AvgIpc) is 2.34. The number of hydrogen-bond donors (Lipinski definition) is 1. The second-order valence-corrected chi connectivity index (χ2v) is 8.30. The molecule has 0 aromatic carbocycles. The number of sulfone groups is 1. The molecule has 1 heterocycles. The molecule has 0 aromatic rings. The van der Waals surface area contributed by atoms with Gasteiger partial charge in [-0.15, -0.1) is 0 Å². The van der Waals surface area contributed by atoms with Crippen LogP contribution in [-0.2, 0) is 14.6 Å². The van der Waals surface area contributed by atoms with Crippen LogP contribution >= 0.6 is 0 Å². The Bertz CT molecular complexity index is 415. The van der Waals surface area contributed by atoms with E-state index in [-0.39, 0.29) is 18.1 Å². The summed E-state index contributed by atoms with van der Waals surface area (Å²) in [4.78, 5) is 16.2. The summed E-state index contributed by atoms with van der Waals surface area (Å²) in [6.07, 6.45) is 1.36. The molecule has 0 aliphatic carbocycles. The number of rotatable bonds is 6. The summed E-state index contributed by atoms with van der Waals surface area (Å²) in [5.41, 5.74) is 5.80. The van der Waals surface area contributed by atoms with Crippen LogP contribution in [-0.4, -0.2) is 74.9 Å². The number of nitrogens with zero attached hydrogens (tertiary/aromatic N) is 2. The number of piperazine rings is 1. The Morgan fingerprint density at radius 3 is 2.20 bits per heavy atom. The van der Waals surface area contributed by atoms with Gasteiger partial charge in [0.25, 0.3) is 0 Å². The Morgan fingerprint density at radius 1 is 1.20 bits per heavy atom. The molecule has 0 radical (unpaired) electrons. The molecule has 2 N–H and O–H groups in total. The van der Waals surface area contributed by atoms with Crippen LogP contribution in [0.25, 0.3) is 0 Å². The molecule has 1 rings (SSSR count). The Kier molecular flexibility index (Phi) is 6.42. The maximum absolute atomic E-state index is 12.1. The van der Waals surface area contributed by atoms with Crippen LogP contribution < -0.4 is 5.73 Å². The Hall–Kier alpha value is -0.660. The Morgan fingerprint density at radius 2 is 1.75 bits per heavy atom. The van der Waals surface area contributed by atoms with E-state index in [1.807, 2.05) is 0 Å². The molecule has 1 atom stereocenters. The second-order valence-electron chi connectivity index (χ2n) is 6.04. The van der Waals surface area contributed by atoms with Gasteiger partial charge in [0.15, 0.2) is 0 Å². The van der Waals surface area contributed by atoms with Crippen molar-refractivity contribution < 1.29 is 13.2 Å². The third-order valence-corrected chi connectivity index (χ3v) is 4.40. The third kappa shape index (κ3) is 6.19. The standard InChI is InChI=1S/C13H27N3O3S/c1-11(2)10-15-5-7-16(8-6-15)13(17)12(14)4-9-20(3,18)19/h11-12H,4-10,14H2,1-3H3. The van der Waals surface area contributed by atoms with Crippen molar-refractivity contribution in [1.29, 1.82) is 0 Å². The Labute approximate surface area is 122 Å². The van der Waals surface area contributed by atoms with Crippen LogP contribution in [0, 0.1) is 5.92 Å². The summed E-state index contributed by atoms with van der Waals surface area (Å²) in [6.45, 7) is 8.49. The molecule has 20 heavy (non-hydrogen) atoms. The molecule has 1 saturated heterocycles. The summed E-state index contributed by atoms with van der Waals surface area (Å²) in [5, 5.41) is 0. The highest BCUT2D eigenvalue weighted by molar-refractivity contribution is 7.90. The first-order valence-electron chi connectivity index (χ1n) is 7.13. The summed E-state index contributed by atoms with van der Waals surface area (Å²) < 4.78 is 22.2. The lowest BCUT2D eigenvalue weighted by Gasteiger charge is -2.36. The maximum Gasteiger partial charge on any atom is 0.239 e. The van der Waals surface area contributed by atoms with Crippen molar-refractivity contribution >= 4 is 15.7 Å². The van der Waals surface area contributed by atoms with E-state index < -0.39 is 15.9 Å². The maximum atomic E-state index is 12.1. The van der Waals surface area contributed by atoms with E-state index in [9.17, 15) is 13.2 Å². The molecule has 0 aromatic heterocycles. The molecule has 1 unspecified atom stereocenters. The number of hydrogen-bond acceptors (Lipinski definition) is 5. The summed E-state index contributed by atoms with van der Waals surface area (Å²) in [5.74, 6) is 0.458. The van der Waals surface area contributed by atoms with E-state index >= 15 is 0 Å². The number of amides is 1. The zero-order valence-electron chi connectivity index (χ0n) is 12.7. The van der Waals surface area contributed by atoms with Gasteiger partial charge in [0.1, 0.15) is 9.84 Å². The van der Waals surface area contributed by atoms with Crippen LogP contribution in [0.1, 0.15) is 20.3 Å². The molecule has 1 aliphatic heterocycles. The van der Waals surface area contributed by atoms with E-state index in [4.69, 9.17) is 5.73 Å². The van der Waals surface area contributed by atoms with Crippen molar-refractivity contribution in [1.82, 2.24) is 9.80 Å². The highest BCUT2D eigenvalue weighted by Crippen LogP contribution is 2.07. The monoisotopic (exact) mass is 305 g/mol. The van der Waals surface area contributed by atoms with Crippen molar-refractivity contribution in [3.63, 3.8) is 0 Å². The van der Waals surface area contributed by atoms with Crippen molar-refractivity contribution in [3.8, 4) is 0 Å². The fourth-order valence-electron chi connectivity index (χ4n) is 2.37. The zero-order chi connectivity index (χ0) is 15.3. The predicted octanol–water partition coefficient (Wildman–Crippen LogP) is -0.451. The van der Waals surface area contributed by atoms with Gasteiger partial charge in [-0.05, 0) is 12.3 Å².